The van der Waals surface area contributed by atoms with E-state index in [0.29, 0.717) is 30.2 Å². The molecule has 1 aromatic heterocycles. The third-order valence-electron chi connectivity index (χ3n) is 4.59. The van der Waals surface area contributed by atoms with Crippen LogP contribution in [-0.2, 0) is 17.9 Å². The third kappa shape index (κ3) is 5.23. The number of aromatic nitrogens is 2. The largest absolute Gasteiger partial charge is 0.352 e. The highest BCUT2D eigenvalue weighted by Crippen LogP contribution is 2.21. The Morgan fingerprint density at radius 2 is 1.82 bits per heavy atom. The van der Waals surface area contributed by atoms with Gasteiger partial charge in [-0.15, -0.1) is 11.8 Å². The Balaban J connectivity index is 1.51. The van der Waals surface area contributed by atoms with Crippen LogP contribution in [0.2, 0.25) is 0 Å². The van der Waals surface area contributed by atoms with E-state index in [0.717, 1.165) is 17.0 Å². The van der Waals surface area contributed by atoms with Gasteiger partial charge in [0.2, 0.25) is 5.91 Å². The second-order valence-corrected chi connectivity index (χ2v) is 7.73. The van der Waals surface area contributed by atoms with E-state index < -0.39 is 0 Å². The number of hydrogen-bond donors (Lipinski definition) is 1. The molecule has 1 N–H and O–H groups in total. The molecule has 146 valence electrons. The molecule has 0 fully saturated rings. The van der Waals surface area contributed by atoms with Crippen molar-refractivity contribution in [3.05, 3.63) is 82.9 Å². The quantitative estimate of drug-likeness (QED) is 0.570. The summed E-state index contributed by atoms with van der Waals surface area (Å²) in [7, 11) is 0. The molecule has 0 aliphatic heterocycles. The summed E-state index contributed by atoms with van der Waals surface area (Å²) in [6.07, 6.45) is 0.343. The number of amides is 1. The molecule has 0 atom stereocenters. The Hall–Kier alpha value is -2.60. The van der Waals surface area contributed by atoms with E-state index >= 15 is 0 Å². The summed E-state index contributed by atoms with van der Waals surface area (Å²) >= 11 is 1.36. The predicted octanol–water partition coefficient (Wildman–Crippen LogP) is 4.49. The van der Waals surface area contributed by atoms with Gasteiger partial charge in [0.1, 0.15) is 5.82 Å². The molecule has 0 aliphatic rings. The highest BCUT2D eigenvalue weighted by atomic mass is 32.2. The first kappa shape index (κ1) is 20.1. The summed E-state index contributed by atoms with van der Waals surface area (Å²) < 4.78 is 15.6. The molecule has 0 aliphatic carbocycles. The Kier molecular flexibility index (Phi) is 6.87. The minimum Gasteiger partial charge on any atom is -0.352 e. The van der Waals surface area contributed by atoms with Gasteiger partial charge in [-0.05, 0) is 31.5 Å². The number of rotatable bonds is 8. The van der Waals surface area contributed by atoms with Crippen LogP contribution in [0.5, 0.6) is 0 Å². The summed E-state index contributed by atoms with van der Waals surface area (Å²) in [6.45, 7) is 5.15. The van der Waals surface area contributed by atoms with E-state index in [1.807, 2.05) is 36.7 Å². The lowest BCUT2D eigenvalue weighted by Crippen LogP contribution is -2.23. The topological polar surface area (TPSA) is 46.9 Å². The molecule has 1 amide bonds. The first-order valence-electron chi connectivity index (χ1n) is 9.25. The van der Waals surface area contributed by atoms with Crippen LogP contribution in [0.4, 0.5) is 4.39 Å². The van der Waals surface area contributed by atoms with E-state index in [9.17, 15) is 9.18 Å². The number of benzene rings is 2. The smallest absolute Gasteiger partial charge is 0.221 e. The molecule has 3 aromatic rings. The molecule has 0 saturated heterocycles. The van der Waals surface area contributed by atoms with Gasteiger partial charge in [0.25, 0.3) is 0 Å². The number of halogens is 1. The van der Waals surface area contributed by atoms with Crippen molar-refractivity contribution in [3.8, 4) is 0 Å². The Labute approximate surface area is 169 Å². The first-order valence-corrected chi connectivity index (χ1v) is 10.2. The van der Waals surface area contributed by atoms with Gasteiger partial charge in [0.15, 0.2) is 0 Å². The summed E-state index contributed by atoms with van der Waals surface area (Å²) in [6, 6.07) is 16.8. The van der Waals surface area contributed by atoms with Crippen molar-refractivity contribution in [1.82, 2.24) is 15.1 Å². The number of nitrogens with zero attached hydrogens (tertiary/aromatic N) is 2. The van der Waals surface area contributed by atoms with Crippen LogP contribution in [0.3, 0.4) is 0 Å². The Bertz CT molecular complexity index is 940. The van der Waals surface area contributed by atoms with Gasteiger partial charge in [-0.25, -0.2) is 4.39 Å². The molecule has 3 rings (SSSR count). The van der Waals surface area contributed by atoms with Gasteiger partial charge in [0.05, 0.1) is 12.2 Å². The second-order valence-electron chi connectivity index (χ2n) is 6.60. The fourth-order valence-corrected chi connectivity index (χ4v) is 3.88. The highest BCUT2D eigenvalue weighted by Gasteiger charge is 2.13. The average molecular weight is 398 g/mol. The van der Waals surface area contributed by atoms with E-state index in [4.69, 9.17) is 0 Å². The molecule has 2 aromatic carbocycles. The maximum atomic E-state index is 13.6. The second kappa shape index (κ2) is 9.55. The SMILES string of the molecule is Cc1nn(Cc2ccccc2)c(C)c1CNC(=O)CCSc1ccccc1F. The van der Waals surface area contributed by atoms with Crippen molar-refractivity contribution in [2.75, 3.05) is 5.75 Å². The maximum absolute atomic E-state index is 13.6. The third-order valence-corrected chi connectivity index (χ3v) is 5.64. The van der Waals surface area contributed by atoms with Crippen molar-refractivity contribution >= 4 is 17.7 Å². The highest BCUT2D eigenvalue weighted by molar-refractivity contribution is 7.99. The van der Waals surface area contributed by atoms with Gasteiger partial charge >= 0.3 is 0 Å². The normalized spacial score (nSPS) is 10.8. The van der Waals surface area contributed by atoms with E-state index in [1.54, 1.807) is 18.2 Å². The molecular formula is C22H24FN3OS. The number of carbonyl (C=O) groups excluding carboxylic acids is 1. The summed E-state index contributed by atoms with van der Waals surface area (Å²) in [5.41, 5.74) is 4.22. The molecule has 4 nitrogen and oxygen atoms in total. The zero-order chi connectivity index (χ0) is 19.9. The van der Waals surface area contributed by atoms with E-state index in [2.05, 4.69) is 22.5 Å². The molecule has 0 spiro atoms. The molecule has 0 bridgehead atoms. The molecule has 0 unspecified atom stereocenters. The van der Waals surface area contributed by atoms with Crippen LogP contribution in [0.1, 0.15) is 28.9 Å². The first-order chi connectivity index (χ1) is 13.5. The molecule has 28 heavy (non-hydrogen) atoms. The van der Waals surface area contributed by atoms with Crippen LogP contribution >= 0.6 is 11.8 Å². The van der Waals surface area contributed by atoms with Crippen LogP contribution in [0.15, 0.2) is 59.5 Å². The zero-order valence-corrected chi connectivity index (χ0v) is 16.9. The van der Waals surface area contributed by atoms with Crippen LogP contribution in [0.25, 0.3) is 0 Å². The lowest BCUT2D eigenvalue weighted by Gasteiger charge is -2.08. The molecule has 1 heterocycles. The minimum atomic E-state index is -0.245. The number of thioether (sulfide) groups is 1. The Morgan fingerprint density at radius 1 is 1.11 bits per heavy atom. The predicted molar refractivity (Wildman–Crippen MR) is 111 cm³/mol. The number of carbonyl (C=O) groups is 1. The van der Waals surface area contributed by atoms with E-state index in [1.165, 1.54) is 23.4 Å². The number of hydrogen-bond acceptors (Lipinski definition) is 3. The van der Waals surface area contributed by atoms with Gasteiger partial charge in [-0.3, -0.25) is 9.48 Å². The minimum absolute atomic E-state index is 0.0431. The van der Waals surface area contributed by atoms with Crippen molar-refractivity contribution in [3.63, 3.8) is 0 Å². The Morgan fingerprint density at radius 3 is 2.57 bits per heavy atom. The van der Waals surface area contributed by atoms with Crippen LogP contribution in [0, 0.1) is 19.7 Å². The van der Waals surface area contributed by atoms with Crippen molar-refractivity contribution in [2.24, 2.45) is 0 Å². The lowest BCUT2D eigenvalue weighted by atomic mass is 10.2. The monoisotopic (exact) mass is 397 g/mol. The molecule has 6 heteroatoms. The van der Waals surface area contributed by atoms with Crippen molar-refractivity contribution in [1.29, 1.82) is 0 Å². The van der Waals surface area contributed by atoms with Crippen molar-refractivity contribution in [2.45, 2.75) is 38.3 Å². The zero-order valence-electron chi connectivity index (χ0n) is 16.1. The van der Waals surface area contributed by atoms with Gasteiger partial charge < -0.3 is 5.32 Å². The summed E-state index contributed by atoms with van der Waals surface area (Å²) in [5.74, 6) is 0.251. The number of nitrogens with one attached hydrogen (secondary N) is 1. The van der Waals surface area contributed by atoms with Gasteiger partial charge in [-0.1, -0.05) is 42.5 Å². The fraction of sp³-hybridized carbons (Fsp3) is 0.273. The summed E-state index contributed by atoms with van der Waals surface area (Å²) in [5, 5.41) is 7.57. The molecular weight excluding hydrogens is 373 g/mol. The average Bonchev–Trinajstić information content (AvgIpc) is 2.95. The number of aryl methyl sites for hydroxylation is 1. The molecule has 0 radical (unpaired) electrons. The van der Waals surface area contributed by atoms with Crippen LogP contribution in [-0.4, -0.2) is 21.4 Å². The van der Waals surface area contributed by atoms with Gasteiger partial charge in [-0.2, -0.15) is 5.10 Å². The molecule has 0 saturated carbocycles. The fourth-order valence-electron chi connectivity index (χ4n) is 2.99. The van der Waals surface area contributed by atoms with E-state index in [-0.39, 0.29) is 11.7 Å². The van der Waals surface area contributed by atoms with Crippen LogP contribution < -0.4 is 5.32 Å². The standard InChI is InChI=1S/C22H24FN3OS/c1-16-19(17(2)26(25-16)15-18-8-4-3-5-9-18)14-24-22(27)12-13-28-21-11-7-6-10-20(21)23/h3-11H,12-15H2,1-2H3,(H,24,27). The summed E-state index contributed by atoms with van der Waals surface area (Å²) in [4.78, 5) is 12.7. The lowest BCUT2D eigenvalue weighted by molar-refractivity contribution is -0.120. The maximum Gasteiger partial charge on any atom is 0.221 e. The van der Waals surface area contributed by atoms with Crippen molar-refractivity contribution < 1.29 is 9.18 Å². The van der Waals surface area contributed by atoms with Gasteiger partial charge in [0, 0.05) is 34.9 Å².